The number of Topliss-reactive ketones (excluding diaryl/α,β-unsaturated/α-hetero) is 1. The first-order valence-electron chi connectivity index (χ1n) is 11.9. The average Bonchev–Trinajstić information content (AvgIpc) is 2.96. The van der Waals surface area contributed by atoms with Gasteiger partial charge in [-0.25, -0.2) is 9.59 Å². The lowest BCUT2D eigenvalue weighted by Gasteiger charge is -2.09. The van der Waals surface area contributed by atoms with Gasteiger partial charge < -0.3 is 14.2 Å². The van der Waals surface area contributed by atoms with Gasteiger partial charge in [0.1, 0.15) is 11.5 Å². The molecule has 0 amide bonds. The maximum absolute atomic E-state index is 12.5. The molecule has 0 N–H and O–H groups in total. The molecule has 4 aromatic carbocycles. The summed E-state index contributed by atoms with van der Waals surface area (Å²) in [7, 11) is 0. The number of ketones is 1. The van der Waals surface area contributed by atoms with Gasteiger partial charge in [-0.15, -0.1) is 0 Å². The zero-order chi connectivity index (χ0) is 29.5. The van der Waals surface area contributed by atoms with Crippen molar-refractivity contribution in [3.05, 3.63) is 133 Å². The molecule has 0 saturated heterocycles. The Hall–Kier alpha value is -5.91. The Bertz CT molecular complexity index is 1650. The molecule has 0 bridgehead atoms. The standard InChI is InChI=1S/C29H20N2O10/c1-18-5-7-20(8-6-18)29(34)41-23-12-9-19(10-13-23)26(32)17-39-28(33)21-3-2-4-24(15-21)40-27-14-11-22(30(35)36)16-25(27)31(37)38/h2-16H,17H2,1H3. The second-order valence-corrected chi connectivity index (χ2v) is 8.58. The quantitative estimate of drug-likeness (QED) is 0.0759. The Morgan fingerprint density at radius 1 is 0.707 bits per heavy atom. The molecule has 12 heteroatoms. The van der Waals surface area contributed by atoms with Crippen LogP contribution in [0.15, 0.2) is 91.0 Å². The number of hydrogen-bond acceptors (Lipinski definition) is 10. The fraction of sp³-hybridized carbons (Fsp3) is 0.0690. The van der Waals surface area contributed by atoms with Crippen LogP contribution in [0.2, 0.25) is 0 Å². The number of carbonyl (C=O) groups excluding carboxylic acids is 3. The summed E-state index contributed by atoms with van der Waals surface area (Å²) in [5.74, 6) is -1.93. The van der Waals surface area contributed by atoms with Crippen molar-refractivity contribution < 1.29 is 38.4 Å². The summed E-state index contributed by atoms with van der Waals surface area (Å²) in [6.07, 6.45) is 0. The zero-order valence-electron chi connectivity index (χ0n) is 21.3. The predicted molar refractivity (Wildman–Crippen MR) is 143 cm³/mol. The molecule has 4 rings (SSSR count). The van der Waals surface area contributed by atoms with Crippen molar-refractivity contribution in [3.63, 3.8) is 0 Å². The Morgan fingerprint density at radius 3 is 2.05 bits per heavy atom. The topological polar surface area (TPSA) is 165 Å². The maximum Gasteiger partial charge on any atom is 0.343 e. The third-order valence-corrected chi connectivity index (χ3v) is 5.66. The van der Waals surface area contributed by atoms with Gasteiger partial charge in [0.25, 0.3) is 5.69 Å². The van der Waals surface area contributed by atoms with Gasteiger partial charge in [0, 0.05) is 11.6 Å². The third-order valence-electron chi connectivity index (χ3n) is 5.66. The monoisotopic (exact) mass is 556 g/mol. The van der Waals surface area contributed by atoms with E-state index < -0.39 is 45.6 Å². The minimum Gasteiger partial charge on any atom is -0.454 e. The number of rotatable bonds is 10. The number of esters is 2. The third kappa shape index (κ3) is 7.15. The smallest absolute Gasteiger partial charge is 0.343 e. The predicted octanol–water partition coefficient (Wildman–Crippen LogP) is 5.86. The van der Waals surface area contributed by atoms with Gasteiger partial charge in [0.05, 0.1) is 27.0 Å². The van der Waals surface area contributed by atoms with Gasteiger partial charge in [-0.1, -0.05) is 23.8 Å². The van der Waals surface area contributed by atoms with E-state index in [-0.39, 0.29) is 28.4 Å². The van der Waals surface area contributed by atoms with Crippen LogP contribution in [-0.2, 0) is 4.74 Å². The maximum atomic E-state index is 12.5. The molecule has 0 heterocycles. The molecule has 0 radical (unpaired) electrons. The van der Waals surface area contributed by atoms with Gasteiger partial charge >= 0.3 is 17.6 Å². The van der Waals surface area contributed by atoms with Crippen molar-refractivity contribution in [1.82, 2.24) is 0 Å². The minimum absolute atomic E-state index is 0.00164. The van der Waals surface area contributed by atoms with Crippen LogP contribution in [0.4, 0.5) is 11.4 Å². The van der Waals surface area contributed by atoms with Crippen LogP contribution in [0.1, 0.15) is 36.6 Å². The number of nitrogens with zero attached hydrogens (tertiary/aromatic N) is 2. The molecule has 0 aliphatic carbocycles. The first-order chi connectivity index (χ1) is 19.6. The van der Waals surface area contributed by atoms with Crippen molar-refractivity contribution in [2.45, 2.75) is 6.92 Å². The largest absolute Gasteiger partial charge is 0.454 e. The molecular formula is C29H20N2O10. The molecule has 4 aromatic rings. The van der Waals surface area contributed by atoms with E-state index in [4.69, 9.17) is 14.2 Å². The van der Waals surface area contributed by atoms with Crippen LogP contribution in [0.5, 0.6) is 17.2 Å². The number of carbonyl (C=O) groups is 3. The fourth-order valence-electron chi connectivity index (χ4n) is 3.52. The van der Waals surface area contributed by atoms with E-state index in [2.05, 4.69) is 0 Å². The first-order valence-corrected chi connectivity index (χ1v) is 11.9. The molecule has 0 saturated carbocycles. The Labute approximate surface area is 232 Å². The number of aryl methyl sites for hydroxylation is 1. The summed E-state index contributed by atoms with van der Waals surface area (Å²) in [4.78, 5) is 58.0. The van der Waals surface area contributed by atoms with Gasteiger partial charge in [-0.2, -0.15) is 0 Å². The van der Waals surface area contributed by atoms with Crippen LogP contribution in [0, 0.1) is 27.2 Å². The molecule has 0 unspecified atom stereocenters. The highest BCUT2D eigenvalue weighted by atomic mass is 16.6. The Balaban J connectivity index is 1.36. The summed E-state index contributed by atoms with van der Waals surface area (Å²) >= 11 is 0. The fourth-order valence-corrected chi connectivity index (χ4v) is 3.52. The van der Waals surface area contributed by atoms with Crippen molar-refractivity contribution in [2.24, 2.45) is 0 Å². The molecule has 0 aliphatic rings. The van der Waals surface area contributed by atoms with E-state index in [1.165, 1.54) is 48.5 Å². The van der Waals surface area contributed by atoms with Crippen LogP contribution < -0.4 is 9.47 Å². The molecule has 12 nitrogen and oxygen atoms in total. The van der Waals surface area contributed by atoms with Crippen LogP contribution in [0.25, 0.3) is 0 Å². The van der Waals surface area contributed by atoms with Gasteiger partial charge in [-0.05, 0) is 67.6 Å². The lowest BCUT2D eigenvalue weighted by Crippen LogP contribution is -2.14. The number of benzene rings is 4. The molecule has 0 spiro atoms. The van der Waals surface area contributed by atoms with E-state index in [0.717, 1.165) is 23.8 Å². The first kappa shape index (κ1) is 28.1. The van der Waals surface area contributed by atoms with Gasteiger partial charge in [0.15, 0.2) is 12.4 Å². The van der Waals surface area contributed by atoms with Crippen molar-refractivity contribution in [3.8, 4) is 17.2 Å². The number of ether oxygens (including phenoxy) is 3. The number of nitro groups is 2. The summed E-state index contributed by atoms with van der Waals surface area (Å²) in [5, 5.41) is 22.3. The zero-order valence-corrected chi connectivity index (χ0v) is 21.3. The Morgan fingerprint density at radius 2 is 1.39 bits per heavy atom. The molecule has 41 heavy (non-hydrogen) atoms. The molecule has 0 aromatic heterocycles. The van der Waals surface area contributed by atoms with E-state index in [9.17, 15) is 34.6 Å². The normalized spacial score (nSPS) is 10.4. The van der Waals surface area contributed by atoms with E-state index in [1.807, 2.05) is 6.92 Å². The average molecular weight is 556 g/mol. The van der Waals surface area contributed by atoms with Crippen molar-refractivity contribution in [2.75, 3.05) is 6.61 Å². The van der Waals surface area contributed by atoms with Crippen LogP contribution >= 0.6 is 0 Å². The van der Waals surface area contributed by atoms with E-state index in [1.54, 1.807) is 24.3 Å². The van der Waals surface area contributed by atoms with E-state index >= 15 is 0 Å². The lowest BCUT2D eigenvalue weighted by molar-refractivity contribution is -0.394. The van der Waals surface area contributed by atoms with Gasteiger partial charge in [-0.3, -0.25) is 25.0 Å². The van der Waals surface area contributed by atoms with Crippen molar-refractivity contribution in [1.29, 1.82) is 0 Å². The van der Waals surface area contributed by atoms with Crippen LogP contribution in [0.3, 0.4) is 0 Å². The van der Waals surface area contributed by atoms with Crippen molar-refractivity contribution >= 4 is 29.1 Å². The molecular weight excluding hydrogens is 536 g/mol. The summed E-state index contributed by atoms with van der Waals surface area (Å²) in [5.41, 5.74) is 0.481. The van der Waals surface area contributed by atoms with Crippen LogP contribution in [-0.4, -0.2) is 34.2 Å². The highest BCUT2D eigenvalue weighted by molar-refractivity contribution is 5.99. The minimum atomic E-state index is -0.856. The highest BCUT2D eigenvalue weighted by Crippen LogP contribution is 2.34. The molecule has 0 aliphatic heterocycles. The molecule has 0 atom stereocenters. The number of hydrogen-bond donors (Lipinski definition) is 0. The SMILES string of the molecule is Cc1ccc(C(=O)Oc2ccc(C(=O)COC(=O)c3cccc(Oc4ccc([N+](=O)[O-])cc4[N+](=O)[O-])c3)cc2)cc1. The lowest BCUT2D eigenvalue weighted by atomic mass is 10.1. The second-order valence-electron chi connectivity index (χ2n) is 8.58. The van der Waals surface area contributed by atoms with Gasteiger partial charge in [0.2, 0.25) is 5.75 Å². The molecule has 206 valence electrons. The number of nitro benzene ring substituents is 2. The second kappa shape index (κ2) is 12.3. The summed E-state index contributed by atoms with van der Waals surface area (Å²) in [6, 6.07) is 21.0. The summed E-state index contributed by atoms with van der Waals surface area (Å²) < 4.78 is 15.9. The highest BCUT2D eigenvalue weighted by Gasteiger charge is 2.22. The number of non-ortho nitro benzene ring substituents is 1. The summed E-state index contributed by atoms with van der Waals surface area (Å²) in [6.45, 7) is 1.31. The van der Waals surface area contributed by atoms with E-state index in [0.29, 0.717) is 5.56 Å². The Kier molecular flexibility index (Phi) is 8.43. The molecule has 0 fully saturated rings.